The monoisotopic (exact) mass is 318 g/mol. The molecule has 3 rings (SSSR count). The highest BCUT2D eigenvalue weighted by Crippen LogP contribution is 2.39. The Kier molecular flexibility index (Phi) is 2.98. The van der Waals surface area contributed by atoms with Crippen molar-refractivity contribution in [1.29, 1.82) is 0 Å². The maximum Gasteiger partial charge on any atom is 0.417 e. The van der Waals surface area contributed by atoms with Crippen LogP contribution in [0.1, 0.15) is 11.3 Å². The molecule has 0 saturated heterocycles. The van der Waals surface area contributed by atoms with Crippen LogP contribution in [-0.4, -0.2) is 10.1 Å². The topological polar surface area (TPSA) is 38.9 Å². The average Bonchev–Trinajstić information content (AvgIpc) is 2.94. The van der Waals surface area contributed by atoms with Gasteiger partial charge in [-0.05, 0) is 25.1 Å². The van der Waals surface area contributed by atoms with E-state index < -0.39 is 11.7 Å². The minimum absolute atomic E-state index is 0.107. The summed E-state index contributed by atoms with van der Waals surface area (Å²) in [5.41, 5.74) is -0.605. The van der Waals surface area contributed by atoms with Crippen molar-refractivity contribution >= 4 is 34.0 Å². The molecule has 8 heteroatoms. The molecule has 0 aliphatic carbocycles. The summed E-state index contributed by atoms with van der Waals surface area (Å²) in [5.74, 6) is 0. The van der Waals surface area contributed by atoms with Crippen molar-refractivity contribution < 1.29 is 17.7 Å². The molecule has 0 atom stereocenters. The lowest BCUT2D eigenvalue weighted by Crippen LogP contribution is -2.07. The van der Waals surface area contributed by atoms with Crippen LogP contribution < -0.4 is 0 Å². The Labute approximate surface area is 120 Å². The van der Waals surface area contributed by atoms with Crippen LogP contribution >= 0.6 is 22.9 Å². The Balaban J connectivity index is 2.31. The summed E-state index contributed by atoms with van der Waals surface area (Å²) in [6.45, 7) is 1.45. The molecule has 104 valence electrons. The highest BCUT2D eigenvalue weighted by atomic mass is 35.5. The average molecular weight is 319 g/mol. The van der Waals surface area contributed by atoms with Crippen molar-refractivity contribution in [3.63, 3.8) is 0 Å². The molecule has 3 aromatic heterocycles. The van der Waals surface area contributed by atoms with Gasteiger partial charge in [0.2, 0.25) is 0 Å². The van der Waals surface area contributed by atoms with Crippen molar-refractivity contribution in [2.45, 2.75) is 13.1 Å². The molecule has 0 fully saturated rings. The fraction of sp³-hybridized carbons (Fsp3) is 0.167. The van der Waals surface area contributed by atoms with Crippen molar-refractivity contribution in [1.82, 2.24) is 10.1 Å². The number of rotatable bonds is 1. The van der Waals surface area contributed by atoms with Gasteiger partial charge in [-0.2, -0.15) is 13.2 Å². The van der Waals surface area contributed by atoms with Crippen molar-refractivity contribution in [2.75, 3.05) is 0 Å². The number of halogens is 4. The quantitative estimate of drug-likeness (QED) is 0.638. The Morgan fingerprint density at radius 3 is 2.65 bits per heavy atom. The molecule has 0 aromatic carbocycles. The summed E-state index contributed by atoms with van der Waals surface area (Å²) in [5, 5.41) is 3.44. The zero-order valence-corrected chi connectivity index (χ0v) is 11.5. The molecule has 3 nitrogen and oxygen atoms in total. The summed E-state index contributed by atoms with van der Waals surface area (Å²) < 4.78 is 44.8. The standard InChI is InChI=1S/C12H6ClF3N2OS/c1-5-10-6(12(14,15)16)4-7(17-11(10)19-18-5)8-2-3-9(13)20-8/h2-4H,1H3. The van der Waals surface area contributed by atoms with Crippen molar-refractivity contribution in [3.8, 4) is 10.6 Å². The van der Waals surface area contributed by atoms with Crippen LogP contribution in [0.15, 0.2) is 22.7 Å². The van der Waals surface area contributed by atoms with E-state index in [1.807, 2.05) is 0 Å². The SMILES string of the molecule is Cc1noc2nc(-c3ccc(Cl)s3)cc(C(F)(F)F)c12. The predicted octanol–water partition coefficient (Wildman–Crippen LogP) is 4.93. The zero-order valence-electron chi connectivity index (χ0n) is 9.95. The fourth-order valence-corrected chi connectivity index (χ4v) is 2.90. The number of hydrogen-bond donors (Lipinski definition) is 0. The molecule has 20 heavy (non-hydrogen) atoms. The highest BCUT2D eigenvalue weighted by molar-refractivity contribution is 7.19. The first-order valence-corrected chi connectivity index (χ1v) is 6.65. The van der Waals surface area contributed by atoms with Gasteiger partial charge in [0.05, 0.1) is 31.6 Å². The Morgan fingerprint density at radius 2 is 2.05 bits per heavy atom. The number of alkyl halides is 3. The van der Waals surface area contributed by atoms with Gasteiger partial charge in [-0.3, -0.25) is 0 Å². The number of aromatic nitrogens is 2. The van der Waals surface area contributed by atoms with Gasteiger partial charge in [0, 0.05) is 0 Å². The summed E-state index contributed by atoms with van der Waals surface area (Å²) in [6, 6.07) is 4.21. The van der Waals surface area contributed by atoms with Crippen LogP contribution in [0.5, 0.6) is 0 Å². The zero-order chi connectivity index (χ0) is 14.5. The van der Waals surface area contributed by atoms with E-state index in [-0.39, 0.29) is 22.5 Å². The van der Waals surface area contributed by atoms with E-state index in [9.17, 15) is 13.2 Å². The Bertz CT molecular complexity index is 794. The van der Waals surface area contributed by atoms with Gasteiger partial charge >= 0.3 is 6.18 Å². The first-order chi connectivity index (χ1) is 9.36. The second kappa shape index (κ2) is 4.46. The summed E-state index contributed by atoms with van der Waals surface area (Å²) >= 11 is 6.94. The molecule has 0 aliphatic heterocycles. The number of nitrogens with zero attached hydrogens (tertiary/aromatic N) is 2. The van der Waals surface area contributed by atoms with Gasteiger partial charge in [-0.25, -0.2) is 4.98 Å². The Hall–Kier alpha value is -1.60. The van der Waals surface area contributed by atoms with Gasteiger partial charge in [-0.15, -0.1) is 11.3 Å². The van der Waals surface area contributed by atoms with E-state index in [0.717, 1.165) is 17.4 Å². The molecule has 0 radical (unpaired) electrons. The first-order valence-electron chi connectivity index (χ1n) is 5.46. The van der Waals surface area contributed by atoms with Gasteiger partial charge in [0.1, 0.15) is 0 Å². The lowest BCUT2D eigenvalue weighted by molar-refractivity contribution is -0.136. The number of hydrogen-bond acceptors (Lipinski definition) is 4. The van der Waals surface area contributed by atoms with Gasteiger partial charge in [0.25, 0.3) is 5.71 Å². The van der Waals surface area contributed by atoms with Gasteiger partial charge in [0.15, 0.2) is 0 Å². The smallest absolute Gasteiger partial charge is 0.336 e. The predicted molar refractivity (Wildman–Crippen MR) is 69.9 cm³/mol. The molecule has 3 heterocycles. The fourth-order valence-electron chi connectivity index (χ4n) is 1.90. The van der Waals surface area contributed by atoms with Crippen molar-refractivity contribution in [3.05, 3.63) is 33.8 Å². The van der Waals surface area contributed by atoms with Crippen molar-refractivity contribution in [2.24, 2.45) is 0 Å². The van der Waals surface area contributed by atoms with Crippen LogP contribution in [0, 0.1) is 6.92 Å². The highest BCUT2D eigenvalue weighted by Gasteiger charge is 2.35. The minimum Gasteiger partial charge on any atom is -0.336 e. The lowest BCUT2D eigenvalue weighted by Gasteiger charge is -2.09. The largest absolute Gasteiger partial charge is 0.417 e. The molecular formula is C12H6ClF3N2OS. The molecule has 3 aromatic rings. The van der Waals surface area contributed by atoms with Crippen LogP contribution in [0.4, 0.5) is 13.2 Å². The van der Waals surface area contributed by atoms with Crippen LogP contribution in [0.25, 0.3) is 21.7 Å². The van der Waals surface area contributed by atoms with Gasteiger partial charge < -0.3 is 4.52 Å². The second-order valence-electron chi connectivity index (χ2n) is 4.10. The van der Waals surface area contributed by atoms with Gasteiger partial charge in [-0.1, -0.05) is 16.8 Å². The van der Waals surface area contributed by atoms with E-state index in [0.29, 0.717) is 9.21 Å². The maximum atomic E-state index is 13.2. The lowest BCUT2D eigenvalue weighted by atomic mass is 10.1. The third kappa shape index (κ3) is 2.16. The maximum absolute atomic E-state index is 13.2. The number of thiophene rings is 1. The van der Waals surface area contributed by atoms with E-state index in [2.05, 4.69) is 10.1 Å². The number of fused-ring (bicyclic) bond motifs is 1. The Morgan fingerprint density at radius 1 is 1.30 bits per heavy atom. The van der Waals surface area contributed by atoms with Crippen LogP contribution in [0.2, 0.25) is 4.34 Å². The van der Waals surface area contributed by atoms with E-state index in [1.165, 1.54) is 6.92 Å². The van der Waals surface area contributed by atoms with E-state index in [1.54, 1.807) is 12.1 Å². The molecule has 0 unspecified atom stereocenters. The molecule has 0 saturated carbocycles. The molecule has 0 amide bonds. The van der Waals surface area contributed by atoms with E-state index >= 15 is 0 Å². The second-order valence-corrected chi connectivity index (χ2v) is 5.82. The van der Waals surface area contributed by atoms with Crippen LogP contribution in [0.3, 0.4) is 0 Å². The first kappa shape index (κ1) is 13.4. The molecular weight excluding hydrogens is 313 g/mol. The molecule has 0 bridgehead atoms. The summed E-state index contributed by atoms with van der Waals surface area (Å²) in [4.78, 5) is 4.61. The van der Waals surface area contributed by atoms with Crippen LogP contribution in [-0.2, 0) is 6.18 Å². The third-order valence-corrected chi connectivity index (χ3v) is 4.00. The summed E-state index contributed by atoms with van der Waals surface area (Å²) in [7, 11) is 0. The minimum atomic E-state index is -4.51. The third-order valence-electron chi connectivity index (χ3n) is 2.75. The molecule has 0 spiro atoms. The number of pyridine rings is 1. The molecule has 0 N–H and O–H groups in total. The molecule has 0 aliphatic rings. The normalized spacial score (nSPS) is 12.2. The summed E-state index contributed by atoms with van der Waals surface area (Å²) in [6.07, 6.45) is -4.51. The van der Waals surface area contributed by atoms with E-state index in [4.69, 9.17) is 16.1 Å². The number of aryl methyl sites for hydroxylation is 1.